The third-order valence-electron chi connectivity index (χ3n) is 3.61. The molecule has 136 valence electrons. The molecule has 0 radical (unpaired) electrons. The topological polar surface area (TPSA) is 78.4 Å². The molecule has 7 nitrogen and oxygen atoms in total. The number of alkyl halides is 3. The van der Waals surface area contributed by atoms with E-state index in [-0.39, 0.29) is 17.8 Å². The van der Waals surface area contributed by atoms with Gasteiger partial charge >= 0.3 is 6.18 Å². The molecule has 1 N–H and O–H groups in total. The highest BCUT2D eigenvalue weighted by atomic mass is 32.2. The van der Waals surface area contributed by atoms with Crippen LogP contribution in [0, 0.1) is 0 Å². The predicted octanol–water partition coefficient (Wildman–Crippen LogP) is 1.08. The molecule has 0 aromatic carbocycles. The van der Waals surface area contributed by atoms with Crippen LogP contribution in [-0.2, 0) is 16.2 Å². The number of sulfonamides is 1. The Morgan fingerprint density at radius 2 is 1.83 bits per heavy atom. The first-order valence-electron chi connectivity index (χ1n) is 7.31. The Morgan fingerprint density at radius 3 is 2.29 bits per heavy atom. The number of nitrogens with zero attached hydrogens (tertiary/aromatic N) is 4. The highest BCUT2D eigenvalue weighted by Gasteiger charge is 2.35. The van der Waals surface area contributed by atoms with Crippen LogP contribution in [0.15, 0.2) is 6.07 Å². The van der Waals surface area contributed by atoms with Crippen LogP contribution in [0.2, 0.25) is 0 Å². The molecule has 2 rings (SSSR count). The summed E-state index contributed by atoms with van der Waals surface area (Å²) in [6.07, 6.45) is -2.52. The highest BCUT2D eigenvalue weighted by molar-refractivity contribution is 7.88. The van der Waals surface area contributed by atoms with Gasteiger partial charge in [0, 0.05) is 39.3 Å². The number of rotatable bonds is 4. The summed E-state index contributed by atoms with van der Waals surface area (Å²) in [7, 11) is -0.0937. The maximum atomic E-state index is 13.0. The molecule has 0 aliphatic carbocycles. The quantitative estimate of drug-likeness (QED) is 0.858. The maximum Gasteiger partial charge on any atom is 0.433 e. The van der Waals surface area contributed by atoms with Crippen molar-refractivity contribution < 1.29 is 21.6 Å². The summed E-state index contributed by atoms with van der Waals surface area (Å²) >= 11 is 0. The van der Waals surface area contributed by atoms with Crippen molar-refractivity contribution >= 4 is 21.8 Å². The first-order chi connectivity index (χ1) is 11.0. The first kappa shape index (κ1) is 18.7. The fourth-order valence-corrected chi connectivity index (χ4v) is 3.28. The third-order valence-corrected chi connectivity index (χ3v) is 4.37. The van der Waals surface area contributed by atoms with Crippen molar-refractivity contribution in [3.63, 3.8) is 0 Å². The summed E-state index contributed by atoms with van der Waals surface area (Å²) in [5, 5.41) is 0. The van der Waals surface area contributed by atoms with Crippen LogP contribution in [-0.4, -0.2) is 57.9 Å². The van der Waals surface area contributed by atoms with Gasteiger partial charge < -0.3 is 9.80 Å². The maximum absolute atomic E-state index is 13.0. The summed E-state index contributed by atoms with van der Waals surface area (Å²) in [5.41, 5.74) is -0.993. The molecular weight excluding hydrogens is 347 g/mol. The molecule has 1 saturated heterocycles. The van der Waals surface area contributed by atoms with E-state index >= 15 is 0 Å². The summed E-state index contributed by atoms with van der Waals surface area (Å²) in [6.45, 7) is 0.753. The molecule has 1 aromatic heterocycles. The largest absolute Gasteiger partial charge is 0.433 e. The molecular formula is C13H20F3N5O2S. The minimum atomic E-state index is -4.56. The molecule has 0 amide bonds. The van der Waals surface area contributed by atoms with Gasteiger partial charge in [0.1, 0.15) is 5.82 Å². The Hall–Kier alpha value is -1.62. The number of nitrogens with one attached hydrogen (secondary N) is 1. The van der Waals surface area contributed by atoms with Gasteiger partial charge in [-0.3, -0.25) is 0 Å². The summed E-state index contributed by atoms with van der Waals surface area (Å²) in [6, 6.07) is 0.678. The smallest absolute Gasteiger partial charge is 0.363 e. The molecule has 11 heteroatoms. The SMILES string of the molecule is CN(C)c1cc(C(F)(F)F)nc(N2CCC(NS(C)(=O)=O)CC2)n1. The molecule has 24 heavy (non-hydrogen) atoms. The van der Waals surface area contributed by atoms with Crippen molar-refractivity contribution in [2.45, 2.75) is 25.1 Å². The second-order valence-corrected chi connectivity index (χ2v) is 7.73. The second-order valence-electron chi connectivity index (χ2n) is 5.95. The lowest BCUT2D eigenvalue weighted by Crippen LogP contribution is -2.45. The minimum Gasteiger partial charge on any atom is -0.363 e. The molecule has 2 heterocycles. The summed E-state index contributed by atoms with van der Waals surface area (Å²) < 4.78 is 64.1. The molecule has 1 aromatic rings. The number of anilines is 2. The van der Waals surface area contributed by atoms with E-state index in [0.717, 1.165) is 12.3 Å². The summed E-state index contributed by atoms with van der Waals surface area (Å²) in [4.78, 5) is 10.9. The van der Waals surface area contributed by atoms with E-state index in [4.69, 9.17) is 0 Å². The molecule has 1 fully saturated rings. The van der Waals surface area contributed by atoms with E-state index in [2.05, 4.69) is 14.7 Å². The zero-order chi connectivity index (χ0) is 18.1. The normalized spacial score (nSPS) is 17.2. The van der Waals surface area contributed by atoms with Crippen molar-refractivity contribution in [3.8, 4) is 0 Å². The Labute approximate surface area is 138 Å². The van der Waals surface area contributed by atoms with Gasteiger partial charge in [-0.15, -0.1) is 0 Å². The molecule has 0 bridgehead atoms. The molecule has 1 aliphatic rings. The van der Waals surface area contributed by atoms with Gasteiger partial charge in [-0.1, -0.05) is 0 Å². The summed E-state index contributed by atoms with van der Waals surface area (Å²) in [5.74, 6) is 0.176. The average molecular weight is 367 g/mol. The Balaban J connectivity index is 2.19. The molecule has 0 unspecified atom stereocenters. The number of halogens is 3. The Kier molecular flexibility index (Phi) is 5.23. The van der Waals surface area contributed by atoms with E-state index in [1.165, 1.54) is 4.90 Å². The molecule has 0 saturated carbocycles. The standard InChI is InChI=1S/C13H20F3N5O2S/c1-20(2)11-8-10(13(14,15)16)17-12(18-11)21-6-4-9(5-7-21)19-24(3,22)23/h8-9,19H,4-7H2,1-3H3. The van der Waals surface area contributed by atoms with Crippen molar-refractivity contribution in [2.75, 3.05) is 43.2 Å². The highest BCUT2D eigenvalue weighted by Crippen LogP contribution is 2.31. The number of piperidine rings is 1. The van der Waals surface area contributed by atoms with Gasteiger partial charge in [-0.05, 0) is 12.8 Å². The molecule has 0 atom stereocenters. The van der Waals surface area contributed by atoms with Gasteiger partial charge in [0.25, 0.3) is 0 Å². The predicted molar refractivity (Wildman–Crippen MR) is 84.6 cm³/mol. The van der Waals surface area contributed by atoms with Gasteiger partial charge in [-0.2, -0.15) is 18.2 Å². The van der Waals surface area contributed by atoms with Crippen LogP contribution in [0.4, 0.5) is 24.9 Å². The van der Waals surface area contributed by atoms with Gasteiger partial charge in [0.2, 0.25) is 16.0 Å². The zero-order valence-corrected chi connectivity index (χ0v) is 14.4. The van der Waals surface area contributed by atoms with Crippen LogP contribution < -0.4 is 14.5 Å². The number of hydrogen-bond acceptors (Lipinski definition) is 6. The number of aromatic nitrogens is 2. The Bertz CT molecular complexity index is 685. The van der Waals surface area contributed by atoms with E-state index in [1.54, 1.807) is 19.0 Å². The van der Waals surface area contributed by atoms with E-state index in [9.17, 15) is 21.6 Å². The Morgan fingerprint density at radius 1 is 1.25 bits per heavy atom. The van der Waals surface area contributed by atoms with Gasteiger partial charge in [-0.25, -0.2) is 18.1 Å². The zero-order valence-electron chi connectivity index (χ0n) is 13.6. The molecule has 0 spiro atoms. The fourth-order valence-electron chi connectivity index (χ4n) is 2.44. The van der Waals surface area contributed by atoms with Crippen LogP contribution in [0.25, 0.3) is 0 Å². The lowest BCUT2D eigenvalue weighted by Gasteiger charge is -2.32. The van der Waals surface area contributed by atoms with Crippen LogP contribution >= 0.6 is 0 Å². The lowest BCUT2D eigenvalue weighted by molar-refractivity contribution is -0.141. The average Bonchev–Trinajstić information content (AvgIpc) is 2.45. The van der Waals surface area contributed by atoms with Crippen LogP contribution in [0.3, 0.4) is 0 Å². The van der Waals surface area contributed by atoms with Gasteiger partial charge in [0.05, 0.1) is 6.26 Å². The van der Waals surface area contributed by atoms with Gasteiger partial charge in [0.15, 0.2) is 5.69 Å². The van der Waals surface area contributed by atoms with Crippen molar-refractivity contribution in [1.29, 1.82) is 0 Å². The number of hydrogen-bond donors (Lipinski definition) is 1. The van der Waals surface area contributed by atoms with Crippen LogP contribution in [0.5, 0.6) is 0 Å². The van der Waals surface area contributed by atoms with Crippen molar-refractivity contribution in [3.05, 3.63) is 11.8 Å². The lowest BCUT2D eigenvalue weighted by atomic mass is 10.1. The van der Waals surface area contributed by atoms with E-state index < -0.39 is 21.9 Å². The monoisotopic (exact) mass is 367 g/mol. The minimum absolute atomic E-state index is 0.00586. The van der Waals surface area contributed by atoms with E-state index in [0.29, 0.717) is 25.9 Å². The van der Waals surface area contributed by atoms with Crippen molar-refractivity contribution in [1.82, 2.24) is 14.7 Å². The van der Waals surface area contributed by atoms with E-state index in [1.807, 2.05) is 0 Å². The second kappa shape index (κ2) is 6.71. The molecule has 1 aliphatic heterocycles. The van der Waals surface area contributed by atoms with Crippen molar-refractivity contribution in [2.24, 2.45) is 0 Å². The first-order valence-corrected chi connectivity index (χ1v) is 9.21. The fraction of sp³-hybridized carbons (Fsp3) is 0.692. The third kappa shape index (κ3) is 4.94. The van der Waals surface area contributed by atoms with Crippen LogP contribution in [0.1, 0.15) is 18.5 Å².